The maximum Gasteiger partial charge on any atom is 0.115 e. The Hall–Kier alpha value is -1.06. The predicted molar refractivity (Wildman–Crippen MR) is 60.8 cm³/mol. The summed E-state index contributed by atoms with van der Waals surface area (Å²) in [6.45, 7) is 4.77. The molecule has 0 unspecified atom stereocenters. The minimum atomic E-state index is -0.502. The first-order valence-electron chi connectivity index (χ1n) is 5.18. The molecule has 0 fully saturated rings. The van der Waals surface area contributed by atoms with Crippen LogP contribution in [-0.4, -0.2) is 34.7 Å². The molecule has 15 heavy (non-hydrogen) atoms. The number of nitrogens with zero attached hydrogens (tertiary/aromatic N) is 1. The summed E-state index contributed by atoms with van der Waals surface area (Å²) in [5, 5.41) is 19.0. The third-order valence-corrected chi connectivity index (χ3v) is 2.62. The number of phenolic OH excluding ortho intramolecular Hbond substituents is 1. The molecule has 2 N–H and O–H groups in total. The molecular formula is C12H19NO2. The molecule has 0 aliphatic rings. The average molecular weight is 209 g/mol. The number of benzene rings is 1. The number of aliphatic hydroxyl groups excluding tert-OH is 1. The Morgan fingerprint density at radius 3 is 2.20 bits per heavy atom. The van der Waals surface area contributed by atoms with Crippen molar-refractivity contribution >= 4 is 0 Å². The Kier molecular flexibility index (Phi) is 4.12. The second-order valence-electron chi connectivity index (χ2n) is 4.14. The van der Waals surface area contributed by atoms with Gasteiger partial charge in [-0.15, -0.1) is 0 Å². The minimum absolute atomic E-state index is 0.225. The molecule has 0 saturated carbocycles. The lowest BCUT2D eigenvalue weighted by Gasteiger charge is -2.24. The Morgan fingerprint density at radius 2 is 1.73 bits per heavy atom. The quantitative estimate of drug-likeness (QED) is 0.794. The van der Waals surface area contributed by atoms with Crippen molar-refractivity contribution in [2.75, 3.05) is 13.6 Å². The van der Waals surface area contributed by atoms with E-state index < -0.39 is 6.10 Å². The fourth-order valence-electron chi connectivity index (χ4n) is 1.29. The van der Waals surface area contributed by atoms with Gasteiger partial charge < -0.3 is 15.1 Å². The summed E-state index contributed by atoms with van der Waals surface area (Å²) in [5.74, 6) is 0.225. The Labute approximate surface area is 91.0 Å². The molecule has 0 bridgehead atoms. The molecule has 1 rings (SSSR count). The van der Waals surface area contributed by atoms with Crippen molar-refractivity contribution in [3.05, 3.63) is 29.8 Å². The van der Waals surface area contributed by atoms with Gasteiger partial charge in [-0.1, -0.05) is 12.1 Å². The summed E-state index contributed by atoms with van der Waals surface area (Å²) in [6, 6.07) is 7.08. The summed E-state index contributed by atoms with van der Waals surface area (Å²) >= 11 is 0. The number of phenols is 1. The number of aliphatic hydroxyl groups is 1. The van der Waals surface area contributed by atoms with Crippen LogP contribution >= 0.6 is 0 Å². The van der Waals surface area contributed by atoms with Crippen LogP contribution < -0.4 is 0 Å². The third-order valence-electron chi connectivity index (χ3n) is 2.62. The molecule has 1 aromatic rings. The van der Waals surface area contributed by atoms with Crippen LogP contribution in [0.4, 0.5) is 0 Å². The van der Waals surface area contributed by atoms with E-state index in [1.165, 1.54) is 0 Å². The molecule has 0 amide bonds. The standard InChI is InChI=1S/C12H19NO2/c1-9(2)13(3)8-12(15)10-4-6-11(14)7-5-10/h4-7,9,12,14-15H,8H2,1-3H3/t12-/m0/s1. The summed E-state index contributed by atoms with van der Waals surface area (Å²) in [5.41, 5.74) is 0.834. The Balaban J connectivity index is 2.61. The number of likely N-dealkylation sites (N-methyl/N-ethyl adjacent to an activating group) is 1. The lowest BCUT2D eigenvalue weighted by atomic mass is 10.1. The second kappa shape index (κ2) is 5.14. The van der Waals surface area contributed by atoms with Gasteiger partial charge >= 0.3 is 0 Å². The van der Waals surface area contributed by atoms with E-state index in [1.807, 2.05) is 7.05 Å². The summed E-state index contributed by atoms with van der Waals surface area (Å²) in [7, 11) is 1.98. The van der Waals surface area contributed by atoms with E-state index in [0.29, 0.717) is 12.6 Å². The van der Waals surface area contributed by atoms with Gasteiger partial charge in [0, 0.05) is 12.6 Å². The SMILES string of the molecule is CC(C)N(C)C[C@H](O)c1ccc(O)cc1. The number of hydrogen-bond acceptors (Lipinski definition) is 3. The smallest absolute Gasteiger partial charge is 0.115 e. The normalized spacial score (nSPS) is 13.5. The van der Waals surface area contributed by atoms with Crippen LogP contribution in [0.25, 0.3) is 0 Å². The van der Waals surface area contributed by atoms with E-state index >= 15 is 0 Å². The van der Waals surface area contributed by atoms with Gasteiger partial charge in [0.25, 0.3) is 0 Å². The van der Waals surface area contributed by atoms with E-state index in [9.17, 15) is 5.11 Å². The largest absolute Gasteiger partial charge is 0.508 e. The lowest BCUT2D eigenvalue weighted by molar-refractivity contribution is 0.112. The first kappa shape index (κ1) is 12.0. The highest BCUT2D eigenvalue weighted by molar-refractivity contribution is 5.27. The number of hydrogen-bond donors (Lipinski definition) is 2. The maximum absolute atomic E-state index is 9.91. The van der Waals surface area contributed by atoms with E-state index in [4.69, 9.17) is 5.11 Å². The van der Waals surface area contributed by atoms with Crippen LogP contribution in [0, 0.1) is 0 Å². The molecule has 1 atom stereocenters. The van der Waals surface area contributed by atoms with Crippen LogP contribution in [0.15, 0.2) is 24.3 Å². The first-order valence-corrected chi connectivity index (χ1v) is 5.18. The van der Waals surface area contributed by atoms with Crippen LogP contribution in [-0.2, 0) is 0 Å². The van der Waals surface area contributed by atoms with Gasteiger partial charge in [-0.2, -0.15) is 0 Å². The van der Waals surface area contributed by atoms with E-state index in [0.717, 1.165) is 5.56 Å². The van der Waals surface area contributed by atoms with Gasteiger partial charge in [0.1, 0.15) is 5.75 Å². The third kappa shape index (κ3) is 3.53. The fraction of sp³-hybridized carbons (Fsp3) is 0.500. The summed E-state index contributed by atoms with van der Waals surface area (Å²) in [6.07, 6.45) is -0.502. The molecule has 0 radical (unpaired) electrons. The molecule has 1 aromatic carbocycles. The van der Waals surface area contributed by atoms with Crippen LogP contribution in [0.5, 0.6) is 5.75 Å². The zero-order chi connectivity index (χ0) is 11.4. The number of aromatic hydroxyl groups is 1. The molecule has 0 heterocycles. The second-order valence-corrected chi connectivity index (χ2v) is 4.14. The average Bonchev–Trinajstić information content (AvgIpc) is 2.18. The monoisotopic (exact) mass is 209 g/mol. The molecule has 0 saturated heterocycles. The topological polar surface area (TPSA) is 43.7 Å². The van der Waals surface area contributed by atoms with Gasteiger partial charge in [0.2, 0.25) is 0 Å². The van der Waals surface area contributed by atoms with E-state index in [1.54, 1.807) is 24.3 Å². The Bertz CT molecular complexity index is 295. The van der Waals surface area contributed by atoms with Crippen molar-refractivity contribution in [1.29, 1.82) is 0 Å². The van der Waals surface area contributed by atoms with Crippen molar-refractivity contribution in [1.82, 2.24) is 4.90 Å². The molecule has 84 valence electrons. The highest BCUT2D eigenvalue weighted by atomic mass is 16.3. The van der Waals surface area contributed by atoms with Gasteiger partial charge in [-0.05, 0) is 38.6 Å². The fourth-order valence-corrected chi connectivity index (χ4v) is 1.29. The molecule has 3 heteroatoms. The highest BCUT2D eigenvalue weighted by Gasteiger charge is 2.12. The molecule has 0 aliphatic heterocycles. The maximum atomic E-state index is 9.91. The van der Waals surface area contributed by atoms with Crippen molar-refractivity contribution in [2.45, 2.75) is 26.0 Å². The van der Waals surface area contributed by atoms with Crippen molar-refractivity contribution in [3.63, 3.8) is 0 Å². The zero-order valence-electron chi connectivity index (χ0n) is 9.51. The molecule has 3 nitrogen and oxygen atoms in total. The van der Waals surface area contributed by atoms with Crippen LogP contribution in [0.1, 0.15) is 25.5 Å². The van der Waals surface area contributed by atoms with Crippen molar-refractivity contribution < 1.29 is 10.2 Å². The molecular weight excluding hydrogens is 190 g/mol. The molecule has 0 spiro atoms. The Morgan fingerprint density at radius 1 is 1.20 bits per heavy atom. The van der Waals surface area contributed by atoms with E-state index in [-0.39, 0.29) is 5.75 Å². The first-order chi connectivity index (χ1) is 7.00. The van der Waals surface area contributed by atoms with Crippen molar-refractivity contribution in [3.8, 4) is 5.75 Å². The summed E-state index contributed by atoms with van der Waals surface area (Å²) < 4.78 is 0. The molecule has 0 aliphatic carbocycles. The van der Waals surface area contributed by atoms with E-state index in [2.05, 4.69) is 18.7 Å². The van der Waals surface area contributed by atoms with Crippen LogP contribution in [0.2, 0.25) is 0 Å². The van der Waals surface area contributed by atoms with Gasteiger partial charge in [-0.25, -0.2) is 0 Å². The zero-order valence-corrected chi connectivity index (χ0v) is 9.51. The highest BCUT2D eigenvalue weighted by Crippen LogP contribution is 2.17. The van der Waals surface area contributed by atoms with Gasteiger partial charge in [0.15, 0.2) is 0 Å². The minimum Gasteiger partial charge on any atom is -0.508 e. The lowest BCUT2D eigenvalue weighted by Crippen LogP contribution is -2.30. The van der Waals surface area contributed by atoms with Crippen molar-refractivity contribution in [2.24, 2.45) is 0 Å². The van der Waals surface area contributed by atoms with Gasteiger partial charge in [-0.3, -0.25) is 0 Å². The summed E-state index contributed by atoms with van der Waals surface area (Å²) in [4.78, 5) is 2.08. The van der Waals surface area contributed by atoms with Gasteiger partial charge in [0.05, 0.1) is 6.10 Å². The number of rotatable bonds is 4. The molecule has 0 aromatic heterocycles. The predicted octanol–water partition coefficient (Wildman–Crippen LogP) is 1.77. The van der Waals surface area contributed by atoms with Crippen LogP contribution in [0.3, 0.4) is 0 Å².